The lowest BCUT2D eigenvalue weighted by atomic mass is 9.89. The van der Waals surface area contributed by atoms with Crippen molar-refractivity contribution in [1.29, 1.82) is 0 Å². The lowest BCUT2D eigenvalue weighted by Crippen LogP contribution is -2.49. The molecule has 1 saturated heterocycles. The third-order valence-corrected chi connectivity index (χ3v) is 7.71. The average molecular weight is 519 g/mol. The Morgan fingerprint density at radius 3 is 2.39 bits per heavy atom. The van der Waals surface area contributed by atoms with Crippen LogP contribution in [-0.4, -0.2) is 60.9 Å². The minimum Gasteiger partial charge on any atom is -0.370 e. The molecule has 1 aliphatic carbocycles. The van der Waals surface area contributed by atoms with Gasteiger partial charge in [-0.05, 0) is 61.3 Å². The Morgan fingerprint density at radius 2 is 1.68 bits per heavy atom. The molecule has 2 fully saturated rings. The number of carbonyl (C=O) groups excluding carboxylic acids is 2. The molecular weight excluding hydrogens is 476 g/mol. The number of hydrogen-bond acceptors (Lipinski definition) is 4. The van der Waals surface area contributed by atoms with Gasteiger partial charge in [0.05, 0.1) is 6.04 Å². The summed E-state index contributed by atoms with van der Waals surface area (Å²) in [5.41, 5.74) is 13.7. The van der Waals surface area contributed by atoms with Gasteiger partial charge >= 0.3 is 0 Å². The molecule has 2 aromatic rings. The highest BCUT2D eigenvalue weighted by atomic mass is 16.2. The van der Waals surface area contributed by atoms with Crippen LogP contribution in [0, 0.1) is 5.92 Å². The fourth-order valence-corrected chi connectivity index (χ4v) is 5.58. The van der Waals surface area contributed by atoms with Crippen molar-refractivity contribution in [2.24, 2.45) is 22.4 Å². The highest BCUT2D eigenvalue weighted by molar-refractivity contribution is 5.94. The van der Waals surface area contributed by atoms with Gasteiger partial charge in [0.15, 0.2) is 5.96 Å². The highest BCUT2D eigenvalue weighted by Crippen LogP contribution is 2.26. The summed E-state index contributed by atoms with van der Waals surface area (Å²) in [4.78, 5) is 32.5. The maximum Gasteiger partial charge on any atom is 0.251 e. The van der Waals surface area contributed by atoms with E-state index in [1.165, 1.54) is 32.1 Å². The summed E-state index contributed by atoms with van der Waals surface area (Å²) in [6.45, 7) is 2.50. The van der Waals surface area contributed by atoms with Crippen LogP contribution in [-0.2, 0) is 4.79 Å². The maximum absolute atomic E-state index is 13.5. The minimum atomic E-state index is -0.303. The first-order valence-corrected chi connectivity index (χ1v) is 14.0. The molecule has 0 aromatic heterocycles. The highest BCUT2D eigenvalue weighted by Gasteiger charge is 2.32. The SMILES string of the molecule is NC(N)=NCCC[C@H]1N[C@H](CNC(=O)c2ccc(-c3ccccc3)cc2)CCN(CC2CCCCC2)C1=O. The summed E-state index contributed by atoms with van der Waals surface area (Å²) in [6.07, 6.45) is 8.39. The second-order valence-corrected chi connectivity index (χ2v) is 10.6. The number of benzene rings is 2. The summed E-state index contributed by atoms with van der Waals surface area (Å²) in [5.74, 6) is 0.711. The van der Waals surface area contributed by atoms with Crippen molar-refractivity contribution in [3.8, 4) is 11.1 Å². The summed E-state index contributed by atoms with van der Waals surface area (Å²) in [6, 6.07) is 17.5. The van der Waals surface area contributed by atoms with Gasteiger partial charge in [0, 0.05) is 37.8 Å². The van der Waals surface area contributed by atoms with E-state index < -0.39 is 0 Å². The number of rotatable bonds is 10. The van der Waals surface area contributed by atoms with Crippen LogP contribution in [0.1, 0.15) is 61.7 Å². The lowest BCUT2D eigenvalue weighted by molar-refractivity contribution is -0.133. The quantitative estimate of drug-likeness (QED) is 0.218. The van der Waals surface area contributed by atoms with Crippen molar-refractivity contribution in [1.82, 2.24) is 15.5 Å². The fourth-order valence-electron chi connectivity index (χ4n) is 5.58. The lowest BCUT2D eigenvalue weighted by Gasteiger charge is -2.30. The van der Waals surface area contributed by atoms with E-state index >= 15 is 0 Å². The van der Waals surface area contributed by atoms with Crippen LogP contribution in [0.3, 0.4) is 0 Å². The van der Waals surface area contributed by atoms with Crippen molar-refractivity contribution < 1.29 is 9.59 Å². The topological polar surface area (TPSA) is 126 Å². The van der Waals surface area contributed by atoms with Crippen molar-refractivity contribution >= 4 is 17.8 Å². The molecule has 8 nitrogen and oxygen atoms in total. The molecule has 2 aliphatic rings. The molecule has 8 heteroatoms. The van der Waals surface area contributed by atoms with E-state index in [0.717, 1.165) is 24.1 Å². The van der Waals surface area contributed by atoms with Gasteiger partial charge in [0.2, 0.25) is 5.91 Å². The predicted octanol–water partition coefficient (Wildman–Crippen LogP) is 3.28. The van der Waals surface area contributed by atoms with E-state index in [-0.39, 0.29) is 29.9 Å². The number of guanidine groups is 1. The molecule has 0 unspecified atom stereocenters. The van der Waals surface area contributed by atoms with Crippen LogP contribution in [0.15, 0.2) is 59.6 Å². The molecule has 1 aliphatic heterocycles. The van der Waals surface area contributed by atoms with Gasteiger partial charge in [-0.15, -0.1) is 0 Å². The van der Waals surface area contributed by atoms with Crippen LogP contribution >= 0.6 is 0 Å². The van der Waals surface area contributed by atoms with Crippen molar-refractivity contribution in [2.45, 2.75) is 63.5 Å². The molecule has 204 valence electrons. The van der Waals surface area contributed by atoms with Gasteiger partial charge in [0.1, 0.15) is 0 Å². The second-order valence-electron chi connectivity index (χ2n) is 10.6. The van der Waals surface area contributed by atoms with Crippen LogP contribution < -0.4 is 22.1 Å². The Kier molecular flexibility index (Phi) is 10.1. The molecule has 2 aromatic carbocycles. The Morgan fingerprint density at radius 1 is 0.974 bits per heavy atom. The Labute approximate surface area is 226 Å². The number of nitrogens with zero attached hydrogens (tertiary/aromatic N) is 2. The second kappa shape index (κ2) is 14.0. The first-order valence-electron chi connectivity index (χ1n) is 14.0. The molecule has 2 amide bonds. The summed E-state index contributed by atoms with van der Waals surface area (Å²) in [5, 5.41) is 6.62. The largest absolute Gasteiger partial charge is 0.370 e. The zero-order valence-electron chi connectivity index (χ0n) is 22.3. The van der Waals surface area contributed by atoms with Gasteiger partial charge in [-0.2, -0.15) is 0 Å². The summed E-state index contributed by atoms with van der Waals surface area (Å²) < 4.78 is 0. The van der Waals surface area contributed by atoms with Crippen LogP contribution in [0.25, 0.3) is 11.1 Å². The molecule has 0 bridgehead atoms. The van der Waals surface area contributed by atoms with Crippen molar-refractivity contribution in [3.05, 3.63) is 60.2 Å². The molecule has 1 saturated carbocycles. The zero-order valence-corrected chi connectivity index (χ0v) is 22.3. The van der Waals surface area contributed by atoms with Crippen molar-refractivity contribution in [2.75, 3.05) is 26.2 Å². The number of nitrogens with one attached hydrogen (secondary N) is 2. The Balaban J connectivity index is 1.35. The van der Waals surface area contributed by atoms with Gasteiger partial charge < -0.3 is 27.0 Å². The Hall–Kier alpha value is -3.39. The molecule has 4 rings (SSSR count). The normalized spacial score (nSPS) is 20.5. The van der Waals surface area contributed by atoms with E-state index in [2.05, 4.69) is 32.7 Å². The van der Waals surface area contributed by atoms with E-state index in [1.807, 2.05) is 42.5 Å². The number of carbonyl (C=O) groups is 2. The number of aliphatic imine (C=N–C) groups is 1. The van der Waals surface area contributed by atoms with Crippen LogP contribution in [0.2, 0.25) is 0 Å². The zero-order chi connectivity index (χ0) is 26.7. The molecular formula is C30H42N6O2. The summed E-state index contributed by atoms with van der Waals surface area (Å²) in [7, 11) is 0. The first-order chi connectivity index (χ1) is 18.5. The monoisotopic (exact) mass is 518 g/mol. The number of hydrogen-bond donors (Lipinski definition) is 4. The number of amides is 2. The standard InChI is InChI=1S/C30H42N6O2/c31-30(32)33-18-7-12-27-29(38)36(21-22-8-3-1-4-9-22)19-17-26(35-27)20-34-28(37)25-15-13-24(14-16-25)23-10-5-2-6-11-23/h2,5-6,10-11,13-16,22,26-27,35H,1,3-4,7-9,12,17-21H2,(H,34,37)(H4,31,32,33)/t26-,27+/m0/s1. The molecule has 38 heavy (non-hydrogen) atoms. The first kappa shape index (κ1) is 27.6. The molecule has 0 radical (unpaired) electrons. The third-order valence-electron chi connectivity index (χ3n) is 7.71. The van der Waals surface area contributed by atoms with Crippen LogP contribution in [0.5, 0.6) is 0 Å². The molecule has 1 heterocycles. The average Bonchev–Trinajstić information content (AvgIpc) is 3.09. The van der Waals surface area contributed by atoms with E-state index in [1.54, 1.807) is 0 Å². The summed E-state index contributed by atoms with van der Waals surface area (Å²) >= 11 is 0. The van der Waals surface area contributed by atoms with Crippen molar-refractivity contribution in [3.63, 3.8) is 0 Å². The third kappa shape index (κ3) is 8.05. The van der Waals surface area contributed by atoms with E-state index in [0.29, 0.717) is 44.0 Å². The number of nitrogens with two attached hydrogens (primary N) is 2. The molecule has 2 atom stereocenters. The van der Waals surface area contributed by atoms with E-state index in [4.69, 9.17) is 11.5 Å². The van der Waals surface area contributed by atoms with Gasteiger partial charge in [-0.25, -0.2) is 0 Å². The molecule has 0 spiro atoms. The van der Waals surface area contributed by atoms with Gasteiger partial charge in [0.25, 0.3) is 5.91 Å². The smallest absolute Gasteiger partial charge is 0.251 e. The van der Waals surface area contributed by atoms with E-state index in [9.17, 15) is 9.59 Å². The predicted molar refractivity (Wildman–Crippen MR) is 153 cm³/mol. The van der Waals surface area contributed by atoms with Crippen LogP contribution in [0.4, 0.5) is 0 Å². The Bertz CT molecular complexity index is 1060. The van der Waals surface area contributed by atoms with Gasteiger partial charge in [-0.1, -0.05) is 61.7 Å². The minimum absolute atomic E-state index is 0.0101. The molecule has 6 N–H and O–H groups in total. The fraction of sp³-hybridized carbons (Fsp3) is 0.500. The van der Waals surface area contributed by atoms with Gasteiger partial charge in [-0.3, -0.25) is 14.6 Å². The maximum atomic E-state index is 13.5.